The summed E-state index contributed by atoms with van der Waals surface area (Å²) in [4.78, 5) is 2.56. The second-order valence-electron chi connectivity index (χ2n) is 6.92. The molecule has 0 saturated carbocycles. The average molecular weight is 274 g/mol. The molecular weight excluding hydrogens is 244 g/mol. The Bertz CT molecular complexity index is 405. The lowest BCUT2D eigenvalue weighted by molar-refractivity contribution is 0.100. The highest BCUT2D eigenvalue weighted by atomic mass is 15.2. The molecule has 0 amide bonds. The Labute approximate surface area is 124 Å². The van der Waals surface area contributed by atoms with Gasteiger partial charge >= 0.3 is 0 Å². The van der Waals surface area contributed by atoms with Crippen LogP contribution in [0.4, 0.5) is 0 Å². The van der Waals surface area contributed by atoms with Crippen molar-refractivity contribution in [2.75, 3.05) is 26.7 Å². The van der Waals surface area contributed by atoms with Crippen LogP contribution in [0.2, 0.25) is 0 Å². The largest absolute Gasteiger partial charge is 0.317 e. The molecule has 1 aromatic rings. The third kappa shape index (κ3) is 3.24. The lowest BCUT2D eigenvalue weighted by Crippen LogP contribution is -2.52. The van der Waals surface area contributed by atoms with E-state index in [1.807, 2.05) is 0 Å². The lowest BCUT2D eigenvalue weighted by atomic mass is 9.72. The number of likely N-dealkylation sites (N-methyl/N-ethyl adjacent to an activating group) is 1. The Morgan fingerprint density at radius 1 is 1.15 bits per heavy atom. The molecule has 1 N–H and O–H groups in total. The maximum Gasteiger partial charge on any atom is 0.0147 e. The van der Waals surface area contributed by atoms with Gasteiger partial charge in [0, 0.05) is 17.5 Å². The third-order valence-electron chi connectivity index (χ3n) is 5.39. The smallest absolute Gasteiger partial charge is 0.0147 e. The number of hydrogen-bond acceptors (Lipinski definition) is 2. The van der Waals surface area contributed by atoms with Gasteiger partial charge in [-0.15, -0.1) is 0 Å². The quantitative estimate of drug-likeness (QED) is 0.885. The first-order valence-corrected chi connectivity index (χ1v) is 7.98. The van der Waals surface area contributed by atoms with Crippen molar-refractivity contribution in [2.45, 2.75) is 51.0 Å². The maximum atomic E-state index is 3.52. The Kier molecular flexibility index (Phi) is 4.87. The summed E-state index contributed by atoms with van der Waals surface area (Å²) in [6.07, 6.45) is 3.66. The zero-order valence-electron chi connectivity index (χ0n) is 13.6. The summed E-state index contributed by atoms with van der Waals surface area (Å²) in [6, 6.07) is 11.1. The predicted octanol–water partition coefficient (Wildman–Crippen LogP) is 3.43. The van der Waals surface area contributed by atoms with Crippen molar-refractivity contribution in [2.24, 2.45) is 0 Å². The first-order valence-electron chi connectivity index (χ1n) is 7.98. The molecule has 1 aliphatic heterocycles. The molecular formula is C18H30N2. The van der Waals surface area contributed by atoms with Crippen LogP contribution >= 0.6 is 0 Å². The normalized spacial score (nSPS) is 19.2. The number of nitrogens with zero attached hydrogens (tertiary/aromatic N) is 1. The summed E-state index contributed by atoms with van der Waals surface area (Å²) < 4.78 is 0. The molecule has 2 rings (SSSR count). The molecule has 0 unspecified atom stereocenters. The molecule has 2 nitrogen and oxygen atoms in total. The number of piperidine rings is 1. The Morgan fingerprint density at radius 3 is 2.30 bits per heavy atom. The topological polar surface area (TPSA) is 15.3 Å². The van der Waals surface area contributed by atoms with Crippen LogP contribution in [0.5, 0.6) is 0 Å². The highest BCUT2D eigenvalue weighted by molar-refractivity contribution is 5.27. The van der Waals surface area contributed by atoms with Gasteiger partial charge in [0.25, 0.3) is 0 Å². The fourth-order valence-electron chi connectivity index (χ4n) is 3.17. The molecule has 0 atom stereocenters. The molecule has 2 heteroatoms. The van der Waals surface area contributed by atoms with Crippen LogP contribution < -0.4 is 5.32 Å². The minimum Gasteiger partial charge on any atom is -0.317 e. The maximum absolute atomic E-state index is 3.52. The number of hydrogen-bond donors (Lipinski definition) is 1. The molecule has 0 spiro atoms. The molecule has 1 fully saturated rings. The van der Waals surface area contributed by atoms with Crippen molar-refractivity contribution in [3.63, 3.8) is 0 Å². The molecule has 1 heterocycles. The molecule has 1 aliphatic rings. The van der Waals surface area contributed by atoms with Crippen molar-refractivity contribution in [1.82, 2.24) is 10.2 Å². The van der Waals surface area contributed by atoms with E-state index in [2.05, 4.69) is 68.4 Å². The first kappa shape index (κ1) is 15.5. The second-order valence-corrected chi connectivity index (χ2v) is 6.92. The van der Waals surface area contributed by atoms with Crippen molar-refractivity contribution in [3.8, 4) is 0 Å². The van der Waals surface area contributed by atoms with Crippen molar-refractivity contribution < 1.29 is 0 Å². The third-order valence-corrected chi connectivity index (χ3v) is 5.39. The molecule has 112 valence electrons. The fourth-order valence-corrected chi connectivity index (χ4v) is 3.17. The summed E-state index contributed by atoms with van der Waals surface area (Å²) in [5.41, 5.74) is 2.10. The van der Waals surface area contributed by atoms with E-state index < -0.39 is 0 Å². The summed E-state index contributed by atoms with van der Waals surface area (Å²) in [5, 5.41) is 3.52. The van der Waals surface area contributed by atoms with E-state index in [4.69, 9.17) is 0 Å². The molecule has 0 bridgehead atoms. The Hall–Kier alpha value is -0.860. The first-order chi connectivity index (χ1) is 9.50. The van der Waals surface area contributed by atoms with Gasteiger partial charge in [0.1, 0.15) is 0 Å². The van der Waals surface area contributed by atoms with E-state index in [9.17, 15) is 0 Å². The van der Waals surface area contributed by atoms with Gasteiger partial charge < -0.3 is 10.2 Å². The van der Waals surface area contributed by atoms with E-state index in [0.717, 1.165) is 19.6 Å². The SMILES string of the molecule is CCC(C)(C)N(C)CC1(c2ccccc2)CCNCC1. The van der Waals surface area contributed by atoms with E-state index in [1.54, 1.807) is 0 Å². The predicted molar refractivity (Wildman–Crippen MR) is 87.2 cm³/mol. The van der Waals surface area contributed by atoms with E-state index in [1.165, 1.54) is 24.8 Å². The molecule has 1 aromatic carbocycles. The Balaban J connectivity index is 2.24. The summed E-state index contributed by atoms with van der Waals surface area (Å²) in [6.45, 7) is 10.4. The van der Waals surface area contributed by atoms with Crippen LogP contribution in [0.3, 0.4) is 0 Å². The summed E-state index contributed by atoms with van der Waals surface area (Å²) >= 11 is 0. The highest BCUT2D eigenvalue weighted by Crippen LogP contribution is 2.36. The molecule has 0 radical (unpaired) electrons. The van der Waals surface area contributed by atoms with Crippen LogP contribution in [0, 0.1) is 0 Å². The fraction of sp³-hybridized carbons (Fsp3) is 0.667. The van der Waals surface area contributed by atoms with Crippen molar-refractivity contribution in [3.05, 3.63) is 35.9 Å². The number of benzene rings is 1. The zero-order chi connectivity index (χ0) is 14.6. The highest BCUT2D eigenvalue weighted by Gasteiger charge is 2.37. The van der Waals surface area contributed by atoms with Gasteiger partial charge in [-0.25, -0.2) is 0 Å². The van der Waals surface area contributed by atoms with Gasteiger partial charge in [0.2, 0.25) is 0 Å². The van der Waals surface area contributed by atoms with Crippen LogP contribution in [0.25, 0.3) is 0 Å². The lowest BCUT2D eigenvalue weighted by Gasteiger charge is -2.45. The molecule has 20 heavy (non-hydrogen) atoms. The summed E-state index contributed by atoms with van der Waals surface area (Å²) in [7, 11) is 2.29. The van der Waals surface area contributed by atoms with Gasteiger partial charge in [-0.2, -0.15) is 0 Å². The van der Waals surface area contributed by atoms with Gasteiger partial charge in [-0.05, 0) is 58.8 Å². The van der Waals surface area contributed by atoms with Crippen LogP contribution in [0.1, 0.15) is 45.6 Å². The Morgan fingerprint density at radius 2 is 1.75 bits per heavy atom. The van der Waals surface area contributed by atoms with Crippen molar-refractivity contribution in [1.29, 1.82) is 0 Å². The molecule has 1 saturated heterocycles. The number of rotatable bonds is 5. The van der Waals surface area contributed by atoms with E-state index in [-0.39, 0.29) is 5.54 Å². The molecule has 0 aromatic heterocycles. The minimum absolute atomic E-state index is 0.270. The molecule has 0 aliphatic carbocycles. The minimum atomic E-state index is 0.270. The van der Waals surface area contributed by atoms with Gasteiger partial charge in [-0.3, -0.25) is 0 Å². The van der Waals surface area contributed by atoms with E-state index >= 15 is 0 Å². The van der Waals surface area contributed by atoms with Gasteiger partial charge in [0.05, 0.1) is 0 Å². The number of nitrogens with one attached hydrogen (secondary N) is 1. The summed E-state index contributed by atoms with van der Waals surface area (Å²) in [5.74, 6) is 0. The monoisotopic (exact) mass is 274 g/mol. The standard InChI is InChI=1S/C18H30N2/c1-5-17(2,3)20(4)15-18(11-13-19-14-12-18)16-9-7-6-8-10-16/h6-10,19H,5,11-15H2,1-4H3. The zero-order valence-corrected chi connectivity index (χ0v) is 13.6. The van der Waals surface area contributed by atoms with Crippen LogP contribution in [-0.2, 0) is 5.41 Å². The van der Waals surface area contributed by atoms with Crippen LogP contribution in [0.15, 0.2) is 30.3 Å². The van der Waals surface area contributed by atoms with E-state index in [0.29, 0.717) is 5.41 Å². The second kappa shape index (κ2) is 6.28. The van der Waals surface area contributed by atoms with Crippen molar-refractivity contribution >= 4 is 0 Å². The average Bonchev–Trinajstić information content (AvgIpc) is 2.49. The van der Waals surface area contributed by atoms with Gasteiger partial charge in [0.15, 0.2) is 0 Å². The van der Waals surface area contributed by atoms with Gasteiger partial charge in [-0.1, -0.05) is 37.3 Å². The van der Waals surface area contributed by atoms with Crippen LogP contribution in [-0.4, -0.2) is 37.1 Å².